The van der Waals surface area contributed by atoms with Crippen molar-refractivity contribution in [1.82, 2.24) is 15.0 Å². The molecule has 100 valence electrons. The Bertz CT molecular complexity index is 516. The zero-order chi connectivity index (χ0) is 13.5. The Hall–Kier alpha value is -2.17. The predicted octanol–water partition coefficient (Wildman–Crippen LogP) is 2.23. The van der Waals surface area contributed by atoms with Gasteiger partial charge in [0.2, 0.25) is 5.88 Å². The summed E-state index contributed by atoms with van der Waals surface area (Å²) in [5, 5.41) is 3.01. The Labute approximate surface area is 113 Å². The lowest BCUT2D eigenvalue weighted by Gasteiger charge is -2.10. The molecule has 2 aromatic rings. The van der Waals surface area contributed by atoms with Gasteiger partial charge < -0.3 is 10.1 Å². The standard InChI is InChI=1S/C14H18N4O/c1-11-13(15-2)17-10-18-14(11)19-9-3-4-12-5-7-16-8-6-12/h5-8,10H,3-4,9H2,1-2H3,(H,15,17,18). The fraction of sp³-hybridized carbons (Fsp3) is 0.357. The monoisotopic (exact) mass is 258 g/mol. The Kier molecular flexibility index (Phi) is 4.66. The van der Waals surface area contributed by atoms with Gasteiger partial charge in [-0.3, -0.25) is 4.98 Å². The van der Waals surface area contributed by atoms with E-state index in [0.717, 1.165) is 24.2 Å². The van der Waals surface area contributed by atoms with Gasteiger partial charge in [0, 0.05) is 19.4 Å². The minimum Gasteiger partial charge on any atom is -0.477 e. The molecule has 0 unspecified atom stereocenters. The molecule has 2 rings (SSSR count). The average molecular weight is 258 g/mol. The largest absolute Gasteiger partial charge is 0.477 e. The number of rotatable bonds is 6. The van der Waals surface area contributed by atoms with Gasteiger partial charge in [-0.1, -0.05) is 0 Å². The molecule has 0 aliphatic rings. The minimum absolute atomic E-state index is 0.642. The molecule has 0 saturated carbocycles. The number of anilines is 1. The van der Waals surface area contributed by atoms with E-state index in [1.165, 1.54) is 11.9 Å². The molecule has 0 fully saturated rings. The molecule has 0 aromatic carbocycles. The lowest BCUT2D eigenvalue weighted by Crippen LogP contribution is -2.05. The number of nitrogens with one attached hydrogen (secondary N) is 1. The van der Waals surface area contributed by atoms with Crippen molar-refractivity contribution >= 4 is 5.82 Å². The molecule has 0 saturated heterocycles. The first-order chi connectivity index (χ1) is 9.31. The maximum Gasteiger partial charge on any atom is 0.221 e. The van der Waals surface area contributed by atoms with Crippen molar-refractivity contribution in [2.24, 2.45) is 0 Å². The molecule has 0 radical (unpaired) electrons. The second kappa shape index (κ2) is 6.68. The third kappa shape index (κ3) is 3.64. The maximum atomic E-state index is 5.69. The number of hydrogen-bond donors (Lipinski definition) is 1. The normalized spacial score (nSPS) is 10.2. The van der Waals surface area contributed by atoms with E-state index in [1.54, 1.807) is 0 Å². The van der Waals surface area contributed by atoms with Gasteiger partial charge in [-0.2, -0.15) is 0 Å². The van der Waals surface area contributed by atoms with Crippen molar-refractivity contribution in [1.29, 1.82) is 0 Å². The quantitative estimate of drug-likeness (QED) is 0.805. The van der Waals surface area contributed by atoms with Crippen molar-refractivity contribution < 1.29 is 4.74 Å². The molecule has 5 nitrogen and oxygen atoms in total. The van der Waals surface area contributed by atoms with Crippen LogP contribution >= 0.6 is 0 Å². The summed E-state index contributed by atoms with van der Waals surface area (Å²) >= 11 is 0. The molecule has 0 spiro atoms. The summed E-state index contributed by atoms with van der Waals surface area (Å²) in [6.07, 6.45) is 7.05. The highest BCUT2D eigenvalue weighted by molar-refractivity contribution is 5.46. The van der Waals surface area contributed by atoms with E-state index < -0.39 is 0 Å². The third-order valence-electron chi connectivity index (χ3n) is 2.87. The Balaban J connectivity index is 1.83. The first-order valence-corrected chi connectivity index (χ1v) is 6.32. The summed E-state index contributed by atoms with van der Waals surface area (Å²) in [5.74, 6) is 1.45. The van der Waals surface area contributed by atoms with Crippen LogP contribution in [0.1, 0.15) is 17.5 Å². The van der Waals surface area contributed by atoms with Gasteiger partial charge in [-0.05, 0) is 37.5 Å². The zero-order valence-corrected chi connectivity index (χ0v) is 11.3. The molecule has 2 heterocycles. The maximum absolute atomic E-state index is 5.69. The second-order valence-corrected chi connectivity index (χ2v) is 4.21. The fourth-order valence-corrected chi connectivity index (χ4v) is 1.83. The van der Waals surface area contributed by atoms with Crippen molar-refractivity contribution in [3.63, 3.8) is 0 Å². The molecule has 2 aromatic heterocycles. The molecule has 0 aliphatic heterocycles. The molecule has 0 amide bonds. The van der Waals surface area contributed by atoms with Crippen molar-refractivity contribution in [3.8, 4) is 5.88 Å². The van der Waals surface area contributed by atoms with E-state index in [0.29, 0.717) is 12.5 Å². The minimum atomic E-state index is 0.642. The molecule has 0 aliphatic carbocycles. The van der Waals surface area contributed by atoms with Crippen LogP contribution in [0.3, 0.4) is 0 Å². The van der Waals surface area contributed by atoms with Crippen molar-refractivity contribution in [3.05, 3.63) is 42.0 Å². The zero-order valence-electron chi connectivity index (χ0n) is 11.3. The number of hydrogen-bond acceptors (Lipinski definition) is 5. The lowest BCUT2D eigenvalue weighted by atomic mass is 10.1. The number of ether oxygens (including phenoxy) is 1. The van der Waals surface area contributed by atoms with Crippen LogP contribution in [0.25, 0.3) is 0 Å². The molecule has 0 bridgehead atoms. The van der Waals surface area contributed by atoms with Crippen LogP contribution in [-0.2, 0) is 6.42 Å². The molecular formula is C14H18N4O. The van der Waals surface area contributed by atoms with Crippen LogP contribution < -0.4 is 10.1 Å². The summed E-state index contributed by atoms with van der Waals surface area (Å²) in [6.45, 7) is 2.59. The third-order valence-corrected chi connectivity index (χ3v) is 2.87. The van der Waals surface area contributed by atoms with Gasteiger partial charge in [-0.25, -0.2) is 9.97 Å². The van der Waals surface area contributed by atoms with Crippen LogP contribution in [-0.4, -0.2) is 28.6 Å². The number of aryl methyl sites for hydroxylation is 1. The van der Waals surface area contributed by atoms with E-state index in [4.69, 9.17) is 4.74 Å². The van der Waals surface area contributed by atoms with Gasteiger partial charge in [0.05, 0.1) is 12.2 Å². The molecule has 19 heavy (non-hydrogen) atoms. The average Bonchev–Trinajstić information content (AvgIpc) is 2.46. The van der Waals surface area contributed by atoms with Crippen LogP contribution in [0.4, 0.5) is 5.82 Å². The highest BCUT2D eigenvalue weighted by Crippen LogP contribution is 2.19. The van der Waals surface area contributed by atoms with E-state index in [2.05, 4.69) is 20.3 Å². The smallest absolute Gasteiger partial charge is 0.221 e. The highest BCUT2D eigenvalue weighted by atomic mass is 16.5. The van der Waals surface area contributed by atoms with Crippen LogP contribution in [0, 0.1) is 6.92 Å². The molecule has 5 heteroatoms. The first-order valence-electron chi connectivity index (χ1n) is 6.32. The van der Waals surface area contributed by atoms with E-state index in [1.807, 2.05) is 38.5 Å². The molecule has 0 atom stereocenters. The van der Waals surface area contributed by atoms with E-state index >= 15 is 0 Å². The summed E-state index contributed by atoms with van der Waals surface area (Å²) < 4.78 is 5.69. The fourth-order valence-electron chi connectivity index (χ4n) is 1.83. The second-order valence-electron chi connectivity index (χ2n) is 4.21. The van der Waals surface area contributed by atoms with E-state index in [-0.39, 0.29) is 0 Å². The topological polar surface area (TPSA) is 59.9 Å². The summed E-state index contributed by atoms with van der Waals surface area (Å²) in [7, 11) is 1.84. The molecular weight excluding hydrogens is 240 g/mol. The van der Waals surface area contributed by atoms with Gasteiger partial charge in [0.1, 0.15) is 12.1 Å². The van der Waals surface area contributed by atoms with Crippen LogP contribution in [0.5, 0.6) is 5.88 Å². The molecule has 1 N–H and O–H groups in total. The number of nitrogens with zero attached hydrogens (tertiary/aromatic N) is 3. The highest BCUT2D eigenvalue weighted by Gasteiger charge is 2.06. The van der Waals surface area contributed by atoms with E-state index in [9.17, 15) is 0 Å². The number of aromatic nitrogens is 3. The summed E-state index contributed by atoms with van der Waals surface area (Å²) in [6, 6.07) is 4.05. The Morgan fingerprint density at radius 2 is 2.00 bits per heavy atom. The number of pyridine rings is 1. The van der Waals surface area contributed by atoms with Crippen LogP contribution in [0.15, 0.2) is 30.9 Å². The Morgan fingerprint density at radius 3 is 2.74 bits per heavy atom. The van der Waals surface area contributed by atoms with Gasteiger partial charge in [-0.15, -0.1) is 0 Å². The lowest BCUT2D eigenvalue weighted by molar-refractivity contribution is 0.296. The van der Waals surface area contributed by atoms with Crippen molar-refractivity contribution in [2.45, 2.75) is 19.8 Å². The Morgan fingerprint density at radius 1 is 1.21 bits per heavy atom. The van der Waals surface area contributed by atoms with Gasteiger partial charge in [0.15, 0.2) is 0 Å². The first kappa shape index (κ1) is 13.3. The summed E-state index contributed by atoms with van der Waals surface area (Å²) in [4.78, 5) is 12.3. The van der Waals surface area contributed by atoms with Crippen LogP contribution in [0.2, 0.25) is 0 Å². The van der Waals surface area contributed by atoms with Gasteiger partial charge in [0.25, 0.3) is 0 Å². The summed E-state index contributed by atoms with van der Waals surface area (Å²) in [5.41, 5.74) is 2.21. The van der Waals surface area contributed by atoms with Crippen molar-refractivity contribution in [2.75, 3.05) is 19.0 Å². The van der Waals surface area contributed by atoms with Gasteiger partial charge >= 0.3 is 0 Å². The predicted molar refractivity (Wildman–Crippen MR) is 74.4 cm³/mol. The SMILES string of the molecule is CNc1ncnc(OCCCc2ccncc2)c1C.